The minimum Gasteiger partial charge on any atom is -0.386 e. The number of H-pyrrole nitrogens is 1. The number of rotatable bonds is 2. The molecule has 3 heterocycles. The van der Waals surface area contributed by atoms with E-state index in [9.17, 15) is 9.90 Å². The normalized spacial score (nSPS) is 31.1. The highest BCUT2D eigenvalue weighted by atomic mass is 127. The van der Waals surface area contributed by atoms with E-state index < -0.39 is 18.4 Å². The quantitative estimate of drug-likeness (QED) is 0.721. The van der Waals surface area contributed by atoms with Gasteiger partial charge in [0.05, 0.1) is 18.8 Å². The van der Waals surface area contributed by atoms with Gasteiger partial charge in [0, 0.05) is 0 Å². The summed E-state index contributed by atoms with van der Waals surface area (Å²) in [5, 5.41) is 10.2. The van der Waals surface area contributed by atoms with Crippen LogP contribution in [-0.2, 0) is 7.80 Å². The van der Waals surface area contributed by atoms with Gasteiger partial charge in [-0.3, -0.25) is 9.36 Å². The zero-order valence-electron chi connectivity index (χ0n) is 9.86. The van der Waals surface area contributed by atoms with Crippen molar-refractivity contribution in [2.45, 2.75) is 31.5 Å². The fraction of sp³-hybridized carbons (Fsp3) is 0.500. The number of hydrogen-bond donors (Lipinski definition) is 2. The molecule has 0 radical (unpaired) electrons. The van der Waals surface area contributed by atoms with E-state index in [4.69, 9.17) is 7.80 Å². The summed E-state index contributed by atoms with van der Waals surface area (Å²) in [4.78, 5) is 22.1. The van der Waals surface area contributed by atoms with Gasteiger partial charge in [-0.05, 0) is 6.92 Å². The summed E-state index contributed by atoms with van der Waals surface area (Å²) >= 11 is 1.74. The monoisotopic (exact) mass is 378 g/mol. The maximum atomic E-state index is 11.6. The van der Waals surface area contributed by atoms with Gasteiger partial charge in [0.15, 0.2) is 17.4 Å². The third-order valence-corrected chi connectivity index (χ3v) is 3.77. The van der Waals surface area contributed by atoms with Crippen LogP contribution in [0.15, 0.2) is 17.4 Å². The Hall–Kier alpha value is -1.04. The molecule has 3 rings (SSSR count). The highest BCUT2D eigenvalue weighted by Crippen LogP contribution is 2.33. The van der Waals surface area contributed by atoms with Gasteiger partial charge in [-0.25, -0.2) is 9.97 Å². The lowest BCUT2D eigenvalue weighted by molar-refractivity contribution is -0.0298. The van der Waals surface area contributed by atoms with E-state index in [0.29, 0.717) is 5.65 Å². The molecule has 0 spiro atoms. The Balaban J connectivity index is 2.06. The van der Waals surface area contributed by atoms with Crippen molar-refractivity contribution in [3.8, 4) is 0 Å². The molecular formula is C10H11IN4O4. The SMILES string of the molecule is CC1OC(n2cnc3c(=O)[nH]cnc32)C(O)C1OI. The molecule has 19 heavy (non-hydrogen) atoms. The molecular weight excluding hydrogens is 367 g/mol. The third kappa shape index (κ3) is 1.96. The maximum absolute atomic E-state index is 11.6. The predicted molar refractivity (Wildman–Crippen MR) is 72.6 cm³/mol. The molecule has 0 amide bonds. The Kier molecular flexibility index (Phi) is 3.28. The number of halogens is 1. The molecule has 4 unspecified atom stereocenters. The average molecular weight is 378 g/mol. The van der Waals surface area contributed by atoms with Crippen LogP contribution in [0.4, 0.5) is 0 Å². The molecule has 4 atom stereocenters. The fourth-order valence-electron chi connectivity index (χ4n) is 2.22. The van der Waals surface area contributed by atoms with Crippen LogP contribution in [0.1, 0.15) is 13.2 Å². The van der Waals surface area contributed by atoms with Crippen LogP contribution in [0.2, 0.25) is 0 Å². The topological polar surface area (TPSA) is 102 Å². The van der Waals surface area contributed by atoms with Crippen molar-refractivity contribution >= 4 is 34.2 Å². The molecule has 1 aliphatic rings. The number of aromatic nitrogens is 4. The van der Waals surface area contributed by atoms with Gasteiger partial charge in [0.25, 0.3) is 5.56 Å². The van der Waals surface area contributed by atoms with Crippen LogP contribution in [0.3, 0.4) is 0 Å². The maximum Gasteiger partial charge on any atom is 0.278 e. The van der Waals surface area contributed by atoms with Crippen molar-refractivity contribution in [1.82, 2.24) is 19.5 Å². The molecule has 2 aromatic heterocycles. The minimum absolute atomic E-state index is 0.213. The molecule has 1 saturated heterocycles. The van der Waals surface area contributed by atoms with Gasteiger partial charge in [-0.1, -0.05) is 0 Å². The number of imidazole rings is 1. The minimum atomic E-state index is -0.856. The Morgan fingerprint density at radius 2 is 2.37 bits per heavy atom. The van der Waals surface area contributed by atoms with E-state index in [1.165, 1.54) is 12.7 Å². The Labute approximate surface area is 121 Å². The molecule has 0 aromatic carbocycles. The second kappa shape index (κ2) is 4.81. The number of ether oxygens (including phenoxy) is 1. The standard InChI is InChI=1S/C10H11IN4O4/c1-4-7(19-11)6(16)10(18-4)15-3-14-5-8(15)12-2-13-9(5)17/h2-4,6-7,10,16H,1H3,(H,12,13,17). The van der Waals surface area contributed by atoms with E-state index >= 15 is 0 Å². The number of aromatic amines is 1. The summed E-state index contributed by atoms with van der Waals surface area (Å²) < 4.78 is 12.4. The Bertz CT molecular complexity index is 656. The molecule has 102 valence electrons. The predicted octanol–water partition coefficient (Wildman–Crippen LogP) is 0.133. The van der Waals surface area contributed by atoms with E-state index in [0.717, 1.165) is 0 Å². The molecule has 9 heteroatoms. The van der Waals surface area contributed by atoms with Gasteiger partial charge >= 0.3 is 0 Å². The summed E-state index contributed by atoms with van der Waals surface area (Å²) in [7, 11) is 0. The summed E-state index contributed by atoms with van der Waals surface area (Å²) in [5.74, 6) is 0. The van der Waals surface area contributed by atoms with Gasteiger partial charge in [-0.15, -0.1) is 0 Å². The first-order chi connectivity index (χ1) is 9.13. The molecule has 0 bridgehead atoms. The van der Waals surface area contributed by atoms with Crippen molar-refractivity contribution in [2.24, 2.45) is 0 Å². The third-order valence-electron chi connectivity index (χ3n) is 3.19. The first kappa shape index (κ1) is 13.0. The van der Waals surface area contributed by atoms with Crippen LogP contribution in [-0.4, -0.2) is 42.9 Å². The largest absolute Gasteiger partial charge is 0.386 e. The van der Waals surface area contributed by atoms with Crippen LogP contribution >= 0.6 is 23.0 Å². The number of aliphatic hydroxyl groups excluding tert-OH is 1. The van der Waals surface area contributed by atoms with E-state index in [1.807, 2.05) is 6.92 Å². The summed E-state index contributed by atoms with van der Waals surface area (Å²) in [6.07, 6.45) is 0.490. The zero-order chi connectivity index (χ0) is 13.6. The van der Waals surface area contributed by atoms with E-state index in [2.05, 4.69) is 15.0 Å². The second-order valence-electron chi connectivity index (χ2n) is 4.33. The van der Waals surface area contributed by atoms with Gasteiger partial charge in [0.2, 0.25) is 0 Å². The molecule has 1 aliphatic heterocycles. The van der Waals surface area contributed by atoms with Crippen LogP contribution in [0.25, 0.3) is 11.2 Å². The number of nitrogens with one attached hydrogen (secondary N) is 1. The Morgan fingerprint density at radius 1 is 1.58 bits per heavy atom. The molecule has 2 N–H and O–H groups in total. The molecule has 8 nitrogen and oxygen atoms in total. The fourth-order valence-corrected chi connectivity index (χ4v) is 2.94. The number of aliphatic hydroxyl groups is 1. The van der Waals surface area contributed by atoms with Crippen molar-refractivity contribution in [3.05, 3.63) is 23.0 Å². The van der Waals surface area contributed by atoms with E-state index in [1.54, 1.807) is 27.6 Å². The lowest BCUT2D eigenvalue weighted by Gasteiger charge is -2.16. The van der Waals surface area contributed by atoms with Crippen molar-refractivity contribution in [3.63, 3.8) is 0 Å². The smallest absolute Gasteiger partial charge is 0.278 e. The molecule has 2 aromatic rings. The van der Waals surface area contributed by atoms with Crippen molar-refractivity contribution in [1.29, 1.82) is 0 Å². The lowest BCUT2D eigenvalue weighted by atomic mass is 10.1. The van der Waals surface area contributed by atoms with Gasteiger partial charge in [-0.2, -0.15) is 0 Å². The highest BCUT2D eigenvalue weighted by molar-refractivity contribution is 14.1. The highest BCUT2D eigenvalue weighted by Gasteiger charge is 2.43. The molecule has 0 saturated carbocycles. The number of hydrogen-bond acceptors (Lipinski definition) is 6. The van der Waals surface area contributed by atoms with E-state index in [-0.39, 0.29) is 17.2 Å². The summed E-state index contributed by atoms with van der Waals surface area (Å²) in [6, 6.07) is 0. The second-order valence-corrected chi connectivity index (χ2v) is 4.84. The van der Waals surface area contributed by atoms with Crippen molar-refractivity contribution in [2.75, 3.05) is 0 Å². The average Bonchev–Trinajstić information content (AvgIpc) is 2.92. The summed E-state index contributed by atoms with van der Waals surface area (Å²) in [5.41, 5.74) is 0.255. The van der Waals surface area contributed by atoms with Crippen molar-refractivity contribution < 1.29 is 12.9 Å². The first-order valence-corrected chi connectivity index (χ1v) is 6.52. The van der Waals surface area contributed by atoms with Crippen LogP contribution in [0.5, 0.6) is 0 Å². The molecule has 1 fully saturated rings. The van der Waals surface area contributed by atoms with Gasteiger partial charge < -0.3 is 17.9 Å². The summed E-state index contributed by atoms with van der Waals surface area (Å²) in [6.45, 7) is 1.81. The first-order valence-electron chi connectivity index (χ1n) is 5.64. The number of nitrogens with zero attached hydrogens (tertiary/aromatic N) is 3. The molecule has 0 aliphatic carbocycles. The zero-order valence-corrected chi connectivity index (χ0v) is 12.0. The lowest BCUT2D eigenvalue weighted by Crippen LogP contribution is -2.31. The van der Waals surface area contributed by atoms with Crippen LogP contribution < -0.4 is 5.56 Å². The van der Waals surface area contributed by atoms with Gasteiger partial charge in [0.1, 0.15) is 35.2 Å². The number of fused-ring (bicyclic) bond motifs is 1. The van der Waals surface area contributed by atoms with Crippen LogP contribution in [0, 0.1) is 0 Å². The Morgan fingerprint density at radius 3 is 3.05 bits per heavy atom.